The molecular weight excluding hydrogens is 409 g/mol. The van der Waals surface area contributed by atoms with E-state index in [1.807, 2.05) is 62.4 Å². The molecule has 0 aliphatic heterocycles. The fourth-order valence-electron chi connectivity index (χ4n) is 3.46. The summed E-state index contributed by atoms with van der Waals surface area (Å²) in [6.45, 7) is 5.99. The van der Waals surface area contributed by atoms with E-state index >= 15 is 0 Å². The molecule has 3 aromatic rings. The molecule has 162 valence electrons. The Morgan fingerprint density at radius 3 is 2.19 bits per heavy atom. The van der Waals surface area contributed by atoms with Crippen LogP contribution in [0.2, 0.25) is 0 Å². The van der Waals surface area contributed by atoms with Gasteiger partial charge < -0.3 is 10.4 Å². The summed E-state index contributed by atoms with van der Waals surface area (Å²) in [4.78, 5) is 13.6. The lowest BCUT2D eigenvalue weighted by Crippen LogP contribution is -2.27. The number of thioether (sulfide) groups is 1. The summed E-state index contributed by atoms with van der Waals surface area (Å²) in [5, 5.41) is 13.8. The molecule has 31 heavy (non-hydrogen) atoms. The van der Waals surface area contributed by atoms with Crippen LogP contribution < -0.4 is 5.32 Å². The van der Waals surface area contributed by atoms with Crippen LogP contribution in [0.5, 0.6) is 0 Å². The molecule has 3 aromatic carbocycles. The molecule has 0 heterocycles. The van der Waals surface area contributed by atoms with Crippen molar-refractivity contribution in [1.29, 1.82) is 0 Å². The zero-order valence-electron chi connectivity index (χ0n) is 18.1. The van der Waals surface area contributed by atoms with Crippen LogP contribution in [-0.4, -0.2) is 16.8 Å². The summed E-state index contributed by atoms with van der Waals surface area (Å²) in [6, 6.07) is 21.4. The number of amides is 1. The van der Waals surface area contributed by atoms with E-state index in [2.05, 4.69) is 12.2 Å². The molecule has 1 atom stereocenters. The Bertz CT molecular complexity index is 999. The molecular formula is C26H28FNO2S. The van der Waals surface area contributed by atoms with Gasteiger partial charge in [0.2, 0.25) is 5.91 Å². The van der Waals surface area contributed by atoms with Gasteiger partial charge in [-0.3, -0.25) is 4.79 Å². The van der Waals surface area contributed by atoms with Crippen LogP contribution in [0.15, 0.2) is 77.7 Å². The van der Waals surface area contributed by atoms with Gasteiger partial charge in [-0.25, -0.2) is 4.39 Å². The molecule has 0 spiro atoms. The van der Waals surface area contributed by atoms with E-state index in [1.54, 1.807) is 23.9 Å². The smallest absolute Gasteiger partial charge is 0.228 e. The van der Waals surface area contributed by atoms with Crippen LogP contribution in [0.1, 0.15) is 43.6 Å². The Kier molecular flexibility index (Phi) is 7.52. The van der Waals surface area contributed by atoms with Crippen molar-refractivity contribution in [2.75, 3.05) is 11.1 Å². The third kappa shape index (κ3) is 5.96. The minimum atomic E-state index is -0.789. The van der Waals surface area contributed by atoms with Gasteiger partial charge in [-0.15, -0.1) is 11.8 Å². The molecule has 0 aromatic heterocycles. The van der Waals surface area contributed by atoms with Crippen LogP contribution in [0, 0.1) is 5.82 Å². The topological polar surface area (TPSA) is 49.3 Å². The lowest BCUT2D eigenvalue weighted by Gasteiger charge is -2.31. The van der Waals surface area contributed by atoms with Crippen LogP contribution >= 0.6 is 11.8 Å². The van der Waals surface area contributed by atoms with Crippen molar-refractivity contribution in [2.45, 2.75) is 43.6 Å². The van der Waals surface area contributed by atoms with E-state index in [1.165, 1.54) is 17.0 Å². The van der Waals surface area contributed by atoms with Gasteiger partial charge in [0, 0.05) is 16.0 Å². The van der Waals surface area contributed by atoms with Crippen molar-refractivity contribution >= 4 is 23.4 Å². The molecule has 0 fully saturated rings. The SMILES string of the molecule is CCSc1ccc(CC(=O)Nc2ccc(C(C)(C)C(O)c3ccc(F)cc3)cc2)cc1. The third-order valence-corrected chi connectivity index (χ3v) is 6.28. The Hall–Kier alpha value is -2.63. The number of hydrogen-bond donors (Lipinski definition) is 2. The average Bonchev–Trinajstić information content (AvgIpc) is 2.76. The quantitative estimate of drug-likeness (QED) is 0.417. The molecule has 0 bridgehead atoms. The number of hydrogen-bond acceptors (Lipinski definition) is 3. The fraction of sp³-hybridized carbons (Fsp3) is 0.269. The summed E-state index contributed by atoms with van der Waals surface area (Å²) >= 11 is 1.77. The molecule has 3 rings (SSSR count). The monoisotopic (exact) mass is 437 g/mol. The Morgan fingerprint density at radius 2 is 1.61 bits per heavy atom. The van der Waals surface area contributed by atoms with Gasteiger partial charge in [0.25, 0.3) is 0 Å². The van der Waals surface area contributed by atoms with Gasteiger partial charge in [-0.05, 0) is 58.8 Å². The van der Waals surface area contributed by atoms with E-state index in [4.69, 9.17) is 0 Å². The summed E-state index contributed by atoms with van der Waals surface area (Å²) in [7, 11) is 0. The molecule has 0 aliphatic carbocycles. The van der Waals surface area contributed by atoms with Crippen molar-refractivity contribution in [3.05, 3.63) is 95.3 Å². The van der Waals surface area contributed by atoms with Gasteiger partial charge in [0.1, 0.15) is 5.82 Å². The summed E-state index contributed by atoms with van der Waals surface area (Å²) in [5.74, 6) is 0.618. The van der Waals surface area contributed by atoms with Crippen LogP contribution in [0.25, 0.3) is 0 Å². The fourth-order valence-corrected chi connectivity index (χ4v) is 4.13. The Morgan fingerprint density at radius 1 is 1.00 bits per heavy atom. The predicted molar refractivity (Wildman–Crippen MR) is 126 cm³/mol. The minimum Gasteiger partial charge on any atom is -0.388 e. The Balaban J connectivity index is 1.63. The maximum Gasteiger partial charge on any atom is 0.228 e. The number of halogens is 1. The van der Waals surface area contributed by atoms with Gasteiger partial charge in [-0.2, -0.15) is 0 Å². The van der Waals surface area contributed by atoms with Crippen molar-refractivity contribution in [3.63, 3.8) is 0 Å². The highest BCUT2D eigenvalue weighted by atomic mass is 32.2. The van der Waals surface area contributed by atoms with Crippen molar-refractivity contribution in [2.24, 2.45) is 0 Å². The lowest BCUT2D eigenvalue weighted by molar-refractivity contribution is -0.115. The molecule has 2 N–H and O–H groups in total. The molecule has 0 saturated carbocycles. The van der Waals surface area contributed by atoms with Crippen molar-refractivity contribution in [1.82, 2.24) is 0 Å². The lowest BCUT2D eigenvalue weighted by atomic mass is 9.76. The predicted octanol–water partition coefficient (Wildman–Crippen LogP) is 6.13. The van der Waals surface area contributed by atoms with Gasteiger partial charge >= 0.3 is 0 Å². The first-order valence-corrected chi connectivity index (χ1v) is 11.3. The highest BCUT2D eigenvalue weighted by Gasteiger charge is 2.31. The van der Waals surface area contributed by atoms with Crippen molar-refractivity contribution < 1.29 is 14.3 Å². The van der Waals surface area contributed by atoms with Gasteiger partial charge in [0.05, 0.1) is 12.5 Å². The Labute approximate surface area is 187 Å². The second-order valence-electron chi connectivity index (χ2n) is 8.06. The third-order valence-electron chi connectivity index (χ3n) is 5.38. The molecule has 5 heteroatoms. The normalized spacial score (nSPS) is 12.4. The zero-order valence-corrected chi connectivity index (χ0v) is 18.9. The standard InChI is InChI=1S/C26H28FNO2S/c1-4-31-23-15-5-18(6-16-23)17-24(29)28-22-13-9-20(10-14-22)26(2,3)25(30)19-7-11-21(27)12-8-19/h5-16,25,30H,4,17H2,1-3H3,(H,28,29). The molecule has 0 aliphatic rings. The zero-order chi connectivity index (χ0) is 22.4. The largest absolute Gasteiger partial charge is 0.388 e. The summed E-state index contributed by atoms with van der Waals surface area (Å²) in [5.41, 5.74) is 2.68. The second-order valence-corrected chi connectivity index (χ2v) is 9.39. The number of aliphatic hydroxyl groups is 1. The van der Waals surface area contributed by atoms with E-state index < -0.39 is 11.5 Å². The van der Waals surface area contributed by atoms with Crippen LogP contribution in [0.3, 0.4) is 0 Å². The van der Waals surface area contributed by atoms with E-state index in [0.717, 1.165) is 16.9 Å². The molecule has 0 radical (unpaired) electrons. The molecule has 1 amide bonds. The maximum absolute atomic E-state index is 13.2. The number of anilines is 1. The number of carbonyl (C=O) groups excluding carboxylic acids is 1. The first-order chi connectivity index (χ1) is 14.8. The minimum absolute atomic E-state index is 0.0748. The highest BCUT2D eigenvalue weighted by Crippen LogP contribution is 2.37. The molecule has 3 nitrogen and oxygen atoms in total. The average molecular weight is 438 g/mol. The summed E-state index contributed by atoms with van der Waals surface area (Å²) in [6.07, 6.45) is -0.476. The number of rotatable bonds is 8. The van der Waals surface area contributed by atoms with Gasteiger partial charge in [-0.1, -0.05) is 57.2 Å². The maximum atomic E-state index is 13.2. The van der Waals surface area contributed by atoms with Crippen molar-refractivity contribution in [3.8, 4) is 0 Å². The van der Waals surface area contributed by atoms with Gasteiger partial charge in [0.15, 0.2) is 0 Å². The van der Waals surface area contributed by atoms with Crippen LogP contribution in [0.4, 0.5) is 10.1 Å². The second kappa shape index (κ2) is 10.1. The van der Waals surface area contributed by atoms with E-state index in [9.17, 15) is 14.3 Å². The molecule has 1 unspecified atom stereocenters. The number of carbonyl (C=O) groups is 1. The highest BCUT2D eigenvalue weighted by molar-refractivity contribution is 7.99. The molecule has 0 saturated heterocycles. The van der Waals surface area contributed by atoms with Crippen LogP contribution in [-0.2, 0) is 16.6 Å². The van der Waals surface area contributed by atoms with E-state index in [-0.39, 0.29) is 11.7 Å². The summed E-state index contributed by atoms with van der Waals surface area (Å²) < 4.78 is 13.2. The first kappa shape index (κ1) is 23.0. The number of nitrogens with one attached hydrogen (secondary N) is 1. The first-order valence-electron chi connectivity index (χ1n) is 10.3. The number of aliphatic hydroxyl groups excluding tert-OH is 1. The van der Waals surface area contributed by atoms with E-state index in [0.29, 0.717) is 17.7 Å². The number of benzene rings is 3.